The van der Waals surface area contributed by atoms with Crippen LogP contribution in [-0.4, -0.2) is 33.7 Å². The zero-order valence-electron chi connectivity index (χ0n) is 19.1. The van der Waals surface area contributed by atoms with E-state index in [9.17, 15) is 13.2 Å². The standard InChI is InChI=1S/C25H27N3O4S/c1-18-10-15-24(19(2)16-18)28(33(30,31)23-8-6-5-7-9-23)17-25(29)27-26-20(3)21-11-13-22(32-4)14-12-21/h5-16H,17H2,1-4H3,(H,27,29)/b26-20-. The van der Waals surface area contributed by atoms with Crippen molar-refractivity contribution < 1.29 is 17.9 Å². The zero-order chi connectivity index (χ0) is 24.0. The molecule has 0 bridgehead atoms. The molecule has 3 aromatic carbocycles. The molecule has 1 N–H and O–H groups in total. The third kappa shape index (κ3) is 5.78. The number of hydrogen-bond donors (Lipinski definition) is 1. The maximum atomic E-state index is 13.4. The molecule has 0 saturated carbocycles. The number of ether oxygens (including phenoxy) is 1. The number of aryl methyl sites for hydroxylation is 2. The van der Waals surface area contributed by atoms with Crippen LogP contribution in [0.15, 0.2) is 82.8 Å². The van der Waals surface area contributed by atoms with E-state index < -0.39 is 22.5 Å². The summed E-state index contributed by atoms with van der Waals surface area (Å²) in [6, 6.07) is 20.7. The van der Waals surface area contributed by atoms with E-state index >= 15 is 0 Å². The molecule has 0 radical (unpaired) electrons. The second kappa shape index (κ2) is 10.3. The number of amides is 1. The van der Waals surface area contributed by atoms with Gasteiger partial charge in [-0.3, -0.25) is 9.10 Å². The number of carbonyl (C=O) groups excluding carboxylic acids is 1. The molecule has 0 fully saturated rings. The maximum Gasteiger partial charge on any atom is 0.264 e. The van der Waals surface area contributed by atoms with E-state index in [0.29, 0.717) is 17.1 Å². The van der Waals surface area contributed by atoms with E-state index in [0.717, 1.165) is 21.0 Å². The summed E-state index contributed by atoms with van der Waals surface area (Å²) in [5.74, 6) is 0.160. The molecule has 1 amide bonds. The van der Waals surface area contributed by atoms with Crippen LogP contribution in [0.1, 0.15) is 23.6 Å². The molecule has 8 heteroatoms. The van der Waals surface area contributed by atoms with E-state index in [-0.39, 0.29) is 4.90 Å². The van der Waals surface area contributed by atoms with Gasteiger partial charge >= 0.3 is 0 Å². The van der Waals surface area contributed by atoms with Gasteiger partial charge in [-0.25, -0.2) is 13.8 Å². The van der Waals surface area contributed by atoms with E-state index in [1.165, 1.54) is 12.1 Å². The van der Waals surface area contributed by atoms with Crippen molar-refractivity contribution in [3.8, 4) is 5.75 Å². The first-order chi connectivity index (χ1) is 15.7. The second-order valence-corrected chi connectivity index (χ2v) is 9.44. The second-order valence-electron chi connectivity index (χ2n) is 7.58. The summed E-state index contributed by atoms with van der Waals surface area (Å²) in [7, 11) is -2.39. The minimum atomic E-state index is -3.97. The molecule has 3 rings (SSSR count). The normalized spacial score (nSPS) is 11.7. The van der Waals surface area contributed by atoms with Gasteiger partial charge in [0, 0.05) is 0 Å². The number of methoxy groups -OCH3 is 1. The maximum absolute atomic E-state index is 13.4. The SMILES string of the molecule is COc1ccc(/C(C)=N\NC(=O)CN(c2ccc(C)cc2C)S(=O)(=O)c2ccccc2)cc1. The van der Waals surface area contributed by atoms with Crippen LogP contribution < -0.4 is 14.5 Å². The third-order valence-electron chi connectivity index (χ3n) is 5.10. The highest BCUT2D eigenvalue weighted by Gasteiger charge is 2.28. The number of nitrogens with zero attached hydrogens (tertiary/aromatic N) is 2. The Bertz CT molecular complexity index is 1250. The lowest BCUT2D eigenvalue weighted by molar-refractivity contribution is -0.119. The third-order valence-corrected chi connectivity index (χ3v) is 6.87. The Morgan fingerprint density at radius 3 is 2.27 bits per heavy atom. The van der Waals surface area contributed by atoms with Crippen molar-refractivity contribution in [1.82, 2.24) is 5.43 Å². The monoisotopic (exact) mass is 465 g/mol. The molecule has 0 aliphatic carbocycles. The smallest absolute Gasteiger partial charge is 0.264 e. The minimum absolute atomic E-state index is 0.107. The van der Waals surface area contributed by atoms with Crippen LogP contribution >= 0.6 is 0 Å². The van der Waals surface area contributed by atoms with Crippen LogP contribution in [0.3, 0.4) is 0 Å². The highest BCUT2D eigenvalue weighted by Crippen LogP contribution is 2.27. The summed E-state index contributed by atoms with van der Waals surface area (Å²) in [4.78, 5) is 12.9. The van der Waals surface area contributed by atoms with Gasteiger partial charge in [0.05, 0.1) is 23.4 Å². The Morgan fingerprint density at radius 1 is 1.00 bits per heavy atom. The van der Waals surface area contributed by atoms with E-state index in [2.05, 4.69) is 10.5 Å². The lowest BCUT2D eigenvalue weighted by Gasteiger charge is -2.25. The first-order valence-corrected chi connectivity index (χ1v) is 11.8. The number of hydrogen-bond acceptors (Lipinski definition) is 5. The Balaban J connectivity index is 1.87. The predicted molar refractivity (Wildman–Crippen MR) is 130 cm³/mol. The van der Waals surface area contributed by atoms with Crippen molar-refractivity contribution in [1.29, 1.82) is 0 Å². The number of benzene rings is 3. The molecule has 0 heterocycles. The zero-order valence-corrected chi connectivity index (χ0v) is 19.9. The van der Waals surface area contributed by atoms with Crippen molar-refractivity contribution in [2.75, 3.05) is 18.0 Å². The Labute approximate surface area is 194 Å². The number of carbonyl (C=O) groups is 1. The van der Waals surface area contributed by atoms with Gasteiger partial charge in [0.15, 0.2) is 0 Å². The van der Waals surface area contributed by atoms with Gasteiger partial charge in [-0.1, -0.05) is 35.9 Å². The van der Waals surface area contributed by atoms with Crippen LogP contribution in [0.25, 0.3) is 0 Å². The molecule has 0 aliphatic heterocycles. The summed E-state index contributed by atoms with van der Waals surface area (Å²) < 4.78 is 33.1. The van der Waals surface area contributed by atoms with Crippen LogP contribution in [0.4, 0.5) is 5.69 Å². The van der Waals surface area contributed by atoms with Crippen molar-refractivity contribution in [3.05, 3.63) is 89.5 Å². The number of anilines is 1. The quantitative estimate of drug-likeness (QED) is 0.402. The van der Waals surface area contributed by atoms with Gasteiger partial charge in [0.25, 0.3) is 15.9 Å². The highest BCUT2D eigenvalue weighted by atomic mass is 32.2. The molecular weight excluding hydrogens is 438 g/mol. The van der Waals surface area contributed by atoms with Gasteiger partial charge in [-0.2, -0.15) is 5.10 Å². The van der Waals surface area contributed by atoms with Crippen molar-refractivity contribution in [2.45, 2.75) is 25.7 Å². The van der Waals surface area contributed by atoms with Crippen molar-refractivity contribution in [2.24, 2.45) is 5.10 Å². The number of nitrogens with one attached hydrogen (secondary N) is 1. The van der Waals surface area contributed by atoms with Crippen molar-refractivity contribution >= 4 is 27.3 Å². The van der Waals surface area contributed by atoms with Crippen LogP contribution in [-0.2, 0) is 14.8 Å². The van der Waals surface area contributed by atoms with Crippen molar-refractivity contribution in [3.63, 3.8) is 0 Å². The van der Waals surface area contributed by atoms with Gasteiger partial charge in [-0.15, -0.1) is 0 Å². The summed E-state index contributed by atoms with van der Waals surface area (Å²) >= 11 is 0. The summed E-state index contributed by atoms with van der Waals surface area (Å²) in [5, 5.41) is 4.14. The Morgan fingerprint density at radius 2 is 1.67 bits per heavy atom. The molecule has 0 atom stereocenters. The number of hydrazone groups is 1. The molecule has 0 saturated heterocycles. The molecular formula is C25H27N3O4S. The predicted octanol–water partition coefficient (Wildman–Crippen LogP) is 4.05. The lowest BCUT2D eigenvalue weighted by Crippen LogP contribution is -2.40. The van der Waals surface area contributed by atoms with Crippen LogP contribution in [0.5, 0.6) is 5.75 Å². The van der Waals surface area contributed by atoms with Crippen LogP contribution in [0.2, 0.25) is 0 Å². The first-order valence-electron chi connectivity index (χ1n) is 10.3. The van der Waals surface area contributed by atoms with E-state index in [4.69, 9.17) is 4.74 Å². The fourth-order valence-electron chi connectivity index (χ4n) is 3.31. The fraction of sp³-hybridized carbons (Fsp3) is 0.200. The Hall–Kier alpha value is -3.65. The van der Waals surface area contributed by atoms with Gasteiger partial charge < -0.3 is 4.74 Å². The van der Waals surface area contributed by atoms with Gasteiger partial charge in [0.2, 0.25) is 0 Å². The van der Waals surface area contributed by atoms with Gasteiger partial charge in [-0.05, 0) is 74.4 Å². The molecule has 0 spiro atoms. The van der Waals surface area contributed by atoms with Crippen LogP contribution in [0, 0.1) is 13.8 Å². The number of rotatable bonds is 8. The minimum Gasteiger partial charge on any atom is -0.497 e. The molecule has 33 heavy (non-hydrogen) atoms. The average molecular weight is 466 g/mol. The largest absolute Gasteiger partial charge is 0.497 e. The molecule has 0 aliphatic rings. The molecule has 7 nitrogen and oxygen atoms in total. The van der Waals surface area contributed by atoms with E-state index in [1.54, 1.807) is 50.4 Å². The Kier molecular flexibility index (Phi) is 7.50. The topological polar surface area (TPSA) is 88.1 Å². The molecule has 172 valence electrons. The summed E-state index contributed by atoms with van der Waals surface area (Å²) in [6.45, 7) is 5.08. The summed E-state index contributed by atoms with van der Waals surface area (Å²) in [5.41, 5.74) is 6.05. The highest BCUT2D eigenvalue weighted by molar-refractivity contribution is 7.92. The first kappa shape index (κ1) is 24.0. The fourth-order valence-corrected chi connectivity index (χ4v) is 4.82. The lowest BCUT2D eigenvalue weighted by atomic mass is 10.1. The average Bonchev–Trinajstić information content (AvgIpc) is 2.82. The number of sulfonamides is 1. The summed E-state index contributed by atoms with van der Waals surface area (Å²) in [6.07, 6.45) is 0. The molecule has 3 aromatic rings. The molecule has 0 aromatic heterocycles. The van der Waals surface area contributed by atoms with E-state index in [1.807, 2.05) is 38.1 Å². The molecule has 0 unspecified atom stereocenters. The van der Waals surface area contributed by atoms with Gasteiger partial charge in [0.1, 0.15) is 12.3 Å².